The topological polar surface area (TPSA) is 86.3 Å². The van der Waals surface area contributed by atoms with Crippen LogP contribution in [0.5, 0.6) is 0 Å². The molecule has 1 heterocycles. The SMILES string of the molecule is CN(Cc1ccc(Cl)cc1)C(=O)c1n[nH]c2ccc(CCCCO)cc2c1=O. The second-order valence-corrected chi connectivity index (χ2v) is 7.19. The molecule has 2 N–H and O–H groups in total. The normalized spacial score (nSPS) is 11.0. The maximum absolute atomic E-state index is 12.9. The van der Waals surface area contributed by atoms with Crippen molar-refractivity contribution in [1.29, 1.82) is 0 Å². The van der Waals surface area contributed by atoms with Crippen LogP contribution in [-0.4, -0.2) is 39.8 Å². The number of aromatic amines is 1. The van der Waals surface area contributed by atoms with Crippen molar-refractivity contribution in [2.45, 2.75) is 25.8 Å². The predicted molar refractivity (Wildman–Crippen MR) is 110 cm³/mol. The molecule has 0 fully saturated rings. The summed E-state index contributed by atoms with van der Waals surface area (Å²) in [4.78, 5) is 27.1. The summed E-state index contributed by atoms with van der Waals surface area (Å²) in [5.74, 6) is -0.441. The predicted octanol–water partition coefficient (Wildman–Crippen LogP) is 3.16. The molecule has 0 unspecified atom stereocenters. The second kappa shape index (κ2) is 8.99. The van der Waals surface area contributed by atoms with Gasteiger partial charge in [-0.2, -0.15) is 5.10 Å². The van der Waals surface area contributed by atoms with Gasteiger partial charge in [0.1, 0.15) is 0 Å². The van der Waals surface area contributed by atoms with Gasteiger partial charge in [-0.3, -0.25) is 14.7 Å². The lowest BCUT2D eigenvalue weighted by molar-refractivity contribution is 0.0777. The molecule has 1 aromatic heterocycles. The molecule has 1 amide bonds. The Kier molecular flexibility index (Phi) is 6.44. The average Bonchev–Trinajstić information content (AvgIpc) is 2.70. The van der Waals surface area contributed by atoms with Crippen molar-refractivity contribution >= 4 is 28.4 Å². The third-order valence-electron chi connectivity index (χ3n) is 4.59. The summed E-state index contributed by atoms with van der Waals surface area (Å²) in [6.45, 7) is 0.493. The highest BCUT2D eigenvalue weighted by Gasteiger charge is 2.19. The van der Waals surface area contributed by atoms with Gasteiger partial charge in [-0.1, -0.05) is 29.8 Å². The molecule has 0 aliphatic heterocycles. The van der Waals surface area contributed by atoms with E-state index in [-0.39, 0.29) is 17.7 Å². The number of hydrogen-bond acceptors (Lipinski definition) is 4. The van der Waals surface area contributed by atoms with Crippen molar-refractivity contribution in [3.8, 4) is 0 Å². The number of amides is 1. The van der Waals surface area contributed by atoms with Crippen LogP contribution in [0.4, 0.5) is 0 Å². The lowest BCUT2D eigenvalue weighted by Gasteiger charge is -2.16. The number of fused-ring (bicyclic) bond motifs is 1. The largest absolute Gasteiger partial charge is 0.396 e. The van der Waals surface area contributed by atoms with E-state index >= 15 is 0 Å². The number of rotatable bonds is 7. The molecule has 0 aliphatic carbocycles. The number of halogens is 1. The zero-order chi connectivity index (χ0) is 20.1. The molecule has 0 atom stereocenters. The van der Waals surface area contributed by atoms with E-state index in [4.69, 9.17) is 16.7 Å². The summed E-state index contributed by atoms with van der Waals surface area (Å²) in [6.07, 6.45) is 2.31. The Morgan fingerprint density at radius 1 is 1.14 bits per heavy atom. The van der Waals surface area contributed by atoms with E-state index in [2.05, 4.69) is 10.2 Å². The number of carbonyl (C=O) groups excluding carboxylic acids is 1. The van der Waals surface area contributed by atoms with Gasteiger partial charge in [-0.05, 0) is 54.7 Å². The van der Waals surface area contributed by atoms with Crippen molar-refractivity contribution in [1.82, 2.24) is 15.1 Å². The molecule has 7 heteroatoms. The molecular formula is C21H22ClN3O3. The monoisotopic (exact) mass is 399 g/mol. The van der Waals surface area contributed by atoms with Crippen molar-refractivity contribution < 1.29 is 9.90 Å². The Bertz CT molecular complexity index is 1030. The lowest BCUT2D eigenvalue weighted by atomic mass is 10.0. The number of carbonyl (C=O) groups is 1. The fraction of sp³-hybridized carbons (Fsp3) is 0.286. The smallest absolute Gasteiger partial charge is 0.278 e. The summed E-state index contributed by atoms with van der Waals surface area (Å²) >= 11 is 5.89. The third-order valence-corrected chi connectivity index (χ3v) is 4.84. The van der Waals surface area contributed by atoms with Crippen LogP contribution in [0.1, 0.15) is 34.5 Å². The number of hydrogen-bond donors (Lipinski definition) is 2. The van der Waals surface area contributed by atoms with Gasteiger partial charge in [0, 0.05) is 30.6 Å². The number of aromatic nitrogens is 2. The number of nitrogens with zero attached hydrogens (tertiary/aromatic N) is 2. The van der Waals surface area contributed by atoms with E-state index in [1.807, 2.05) is 18.2 Å². The van der Waals surface area contributed by atoms with Crippen LogP contribution in [-0.2, 0) is 13.0 Å². The van der Waals surface area contributed by atoms with Crippen LogP contribution >= 0.6 is 11.6 Å². The molecule has 0 saturated heterocycles. The molecule has 28 heavy (non-hydrogen) atoms. The van der Waals surface area contributed by atoms with Crippen LogP contribution in [0.25, 0.3) is 10.9 Å². The van der Waals surface area contributed by atoms with Crippen molar-refractivity contribution in [2.75, 3.05) is 13.7 Å². The van der Waals surface area contributed by atoms with Gasteiger partial charge in [0.25, 0.3) is 5.91 Å². The molecule has 146 valence electrons. The summed E-state index contributed by atoms with van der Waals surface area (Å²) < 4.78 is 0. The number of nitrogens with one attached hydrogen (secondary N) is 1. The maximum atomic E-state index is 12.9. The molecule has 0 spiro atoms. The number of H-pyrrole nitrogens is 1. The van der Waals surface area contributed by atoms with Gasteiger partial charge >= 0.3 is 0 Å². The van der Waals surface area contributed by atoms with E-state index in [1.165, 1.54) is 4.90 Å². The Morgan fingerprint density at radius 3 is 2.57 bits per heavy atom. The van der Waals surface area contributed by atoms with E-state index in [0.717, 1.165) is 24.0 Å². The van der Waals surface area contributed by atoms with Gasteiger partial charge < -0.3 is 10.0 Å². The van der Waals surface area contributed by atoms with E-state index in [9.17, 15) is 9.59 Å². The maximum Gasteiger partial charge on any atom is 0.278 e. The highest BCUT2D eigenvalue weighted by atomic mass is 35.5. The fourth-order valence-electron chi connectivity index (χ4n) is 3.03. The van der Waals surface area contributed by atoms with Gasteiger partial charge in [0.2, 0.25) is 5.43 Å². The Labute approximate surface area is 167 Å². The summed E-state index contributed by atoms with van der Waals surface area (Å²) in [5.41, 5.74) is 1.98. The fourth-order valence-corrected chi connectivity index (χ4v) is 3.15. The Balaban J connectivity index is 1.84. The summed E-state index contributed by atoms with van der Waals surface area (Å²) in [5, 5.41) is 16.8. The highest BCUT2D eigenvalue weighted by molar-refractivity contribution is 6.30. The Morgan fingerprint density at radius 2 is 1.86 bits per heavy atom. The summed E-state index contributed by atoms with van der Waals surface area (Å²) in [7, 11) is 1.63. The second-order valence-electron chi connectivity index (χ2n) is 6.75. The van der Waals surface area contributed by atoms with Crippen molar-refractivity contribution in [2.24, 2.45) is 0 Å². The highest BCUT2D eigenvalue weighted by Crippen LogP contribution is 2.14. The van der Waals surface area contributed by atoms with Gasteiger partial charge in [0.15, 0.2) is 5.69 Å². The minimum Gasteiger partial charge on any atom is -0.396 e. The molecule has 0 radical (unpaired) electrons. The van der Waals surface area contributed by atoms with Crippen molar-refractivity contribution in [3.05, 3.63) is 74.5 Å². The Hall–Kier alpha value is -2.70. The molecule has 3 rings (SSSR count). The number of aliphatic hydroxyl groups is 1. The minimum absolute atomic E-state index is 0.128. The lowest BCUT2D eigenvalue weighted by Crippen LogP contribution is -2.32. The number of aliphatic hydroxyl groups excluding tert-OH is 1. The number of unbranched alkanes of at least 4 members (excludes halogenated alkanes) is 1. The number of benzene rings is 2. The van der Waals surface area contributed by atoms with Crippen LogP contribution < -0.4 is 5.43 Å². The first-order chi connectivity index (χ1) is 13.5. The minimum atomic E-state index is -0.441. The number of aryl methyl sites for hydroxylation is 1. The van der Waals surface area contributed by atoms with Crippen molar-refractivity contribution in [3.63, 3.8) is 0 Å². The van der Waals surface area contributed by atoms with Gasteiger partial charge in [-0.15, -0.1) is 0 Å². The molecule has 0 saturated carbocycles. The van der Waals surface area contributed by atoms with Crippen LogP contribution in [0.2, 0.25) is 5.02 Å². The quantitative estimate of drug-likeness (QED) is 0.597. The van der Waals surface area contributed by atoms with Crippen LogP contribution in [0, 0.1) is 0 Å². The average molecular weight is 400 g/mol. The summed E-state index contributed by atoms with van der Waals surface area (Å²) in [6, 6.07) is 12.7. The first kappa shape index (κ1) is 20.0. The standard InChI is InChI=1S/C21H22ClN3O3/c1-25(13-15-5-8-16(22)9-6-15)21(28)19-20(27)17-12-14(4-2-3-11-26)7-10-18(17)23-24-19/h5-10,12,26H,2-4,11,13H2,1H3,(H,23,27). The molecule has 2 aromatic carbocycles. The third kappa shape index (κ3) is 4.58. The molecule has 0 bridgehead atoms. The first-order valence-corrected chi connectivity index (χ1v) is 9.49. The molecular weight excluding hydrogens is 378 g/mol. The van der Waals surface area contributed by atoms with Gasteiger partial charge in [0.05, 0.1) is 5.52 Å². The van der Waals surface area contributed by atoms with E-state index in [1.54, 1.807) is 31.3 Å². The zero-order valence-electron chi connectivity index (χ0n) is 15.6. The van der Waals surface area contributed by atoms with Gasteiger partial charge in [-0.25, -0.2) is 0 Å². The zero-order valence-corrected chi connectivity index (χ0v) is 16.4. The molecule has 3 aromatic rings. The van der Waals surface area contributed by atoms with E-state index < -0.39 is 5.91 Å². The molecule has 0 aliphatic rings. The first-order valence-electron chi connectivity index (χ1n) is 9.11. The van der Waals surface area contributed by atoms with Crippen LogP contribution in [0.3, 0.4) is 0 Å². The van der Waals surface area contributed by atoms with Crippen LogP contribution in [0.15, 0.2) is 47.3 Å². The molecule has 6 nitrogen and oxygen atoms in total. The van der Waals surface area contributed by atoms with E-state index in [0.29, 0.717) is 28.9 Å².